The summed E-state index contributed by atoms with van der Waals surface area (Å²) in [6, 6.07) is 5.22. The summed E-state index contributed by atoms with van der Waals surface area (Å²) in [5.41, 5.74) is 7.93. The first-order valence-electron chi connectivity index (χ1n) is 12.1. The molecule has 2 saturated heterocycles. The van der Waals surface area contributed by atoms with Gasteiger partial charge in [-0.05, 0) is 18.9 Å². The molecule has 3 aliphatic rings. The molecular weight excluding hydrogens is 469 g/mol. The number of nitrogens with zero attached hydrogens (tertiary/aromatic N) is 4. The van der Waals surface area contributed by atoms with Crippen LogP contribution in [0.3, 0.4) is 0 Å². The second-order valence-electron chi connectivity index (χ2n) is 9.38. The van der Waals surface area contributed by atoms with Gasteiger partial charge in [0.05, 0.1) is 11.5 Å². The van der Waals surface area contributed by atoms with E-state index in [1.165, 1.54) is 6.33 Å². The monoisotopic (exact) mass is 497 g/mol. The van der Waals surface area contributed by atoms with Gasteiger partial charge in [-0.2, -0.15) is 11.8 Å². The van der Waals surface area contributed by atoms with Crippen LogP contribution in [-0.4, -0.2) is 69.3 Å². The Balaban J connectivity index is 1.28. The smallest absolute Gasteiger partial charge is 0.225 e. The molecule has 1 atom stereocenters. The van der Waals surface area contributed by atoms with Crippen LogP contribution in [0.5, 0.6) is 5.75 Å². The zero-order valence-electron chi connectivity index (χ0n) is 19.4. The molecule has 1 amide bonds. The summed E-state index contributed by atoms with van der Waals surface area (Å²) in [6.07, 6.45) is 5.74. The van der Waals surface area contributed by atoms with Gasteiger partial charge < -0.3 is 24.7 Å². The van der Waals surface area contributed by atoms with Crippen LogP contribution in [0.1, 0.15) is 25.3 Å². The maximum absolute atomic E-state index is 15.6. The molecule has 3 fully saturated rings. The number of fused-ring (bicyclic) bond motifs is 1. The Kier molecular flexibility index (Phi) is 6.01. The molecule has 1 aliphatic carbocycles. The fourth-order valence-electron chi connectivity index (χ4n) is 5.08. The van der Waals surface area contributed by atoms with Crippen molar-refractivity contribution < 1.29 is 18.7 Å². The number of aromatic nitrogens is 3. The van der Waals surface area contributed by atoms with Gasteiger partial charge in [0.25, 0.3) is 0 Å². The summed E-state index contributed by atoms with van der Waals surface area (Å²) in [5, 5.41) is 0.619. The summed E-state index contributed by atoms with van der Waals surface area (Å²) in [6.45, 7) is 2.70. The molecule has 4 heterocycles. The van der Waals surface area contributed by atoms with Gasteiger partial charge in [-0.25, -0.2) is 14.4 Å². The summed E-state index contributed by atoms with van der Waals surface area (Å²) >= 11 is 1.89. The van der Waals surface area contributed by atoms with Crippen molar-refractivity contribution >= 4 is 34.5 Å². The number of halogens is 1. The number of nitrogen functional groups attached to an aromatic ring is 1. The Morgan fingerprint density at radius 3 is 2.77 bits per heavy atom. The van der Waals surface area contributed by atoms with Crippen molar-refractivity contribution in [3.8, 4) is 16.9 Å². The molecule has 8 nitrogen and oxygen atoms in total. The molecule has 0 bridgehead atoms. The highest BCUT2D eigenvalue weighted by Crippen LogP contribution is 2.44. The third-order valence-corrected chi connectivity index (χ3v) is 8.23. The fraction of sp³-hybridized carbons (Fsp3) is 0.480. The van der Waals surface area contributed by atoms with Crippen LogP contribution in [0.15, 0.2) is 30.7 Å². The first kappa shape index (κ1) is 22.6. The maximum Gasteiger partial charge on any atom is 0.225 e. The highest BCUT2D eigenvalue weighted by molar-refractivity contribution is 7.99. The number of benzene rings is 1. The van der Waals surface area contributed by atoms with Crippen molar-refractivity contribution in [2.75, 3.05) is 43.5 Å². The molecule has 10 heteroatoms. The zero-order chi connectivity index (χ0) is 23.9. The van der Waals surface area contributed by atoms with Crippen LogP contribution in [0.25, 0.3) is 22.2 Å². The number of hydrogen-bond donors (Lipinski definition) is 1. The lowest BCUT2D eigenvalue weighted by Crippen LogP contribution is -2.45. The van der Waals surface area contributed by atoms with E-state index in [1.54, 1.807) is 18.2 Å². The lowest BCUT2D eigenvalue weighted by Gasteiger charge is -2.39. The Morgan fingerprint density at radius 2 is 2.03 bits per heavy atom. The Morgan fingerprint density at radius 1 is 1.23 bits per heavy atom. The van der Waals surface area contributed by atoms with Crippen molar-refractivity contribution in [1.29, 1.82) is 0 Å². The molecule has 1 unspecified atom stereocenters. The second-order valence-corrected chi connectivity index (χ2v) is 10.6. The number of carbonyl (C=O) groups excluding carboxylic acids is 1. The third kappa shape index (κ3) is 4.12. The van der Waals surface area contributed by atoms with E-state index < -0.39 is 5.82 Å². The molecule has 2 N–H and O–H groups in total. The van der Waals surface area contributed by atoms with Gasteiger partial charge in [-0.1, -0.05) is 12.1 Å². The molecule has 1 saturated carbocycles. The molecule has 0 spiro atoms. The lowest BCUT2D eigenvalue weighted by atomic mass is 9.79. The normalized spacial score (nSPS) is 24.1. The molecule has 6 rings (SSSR count). The summed E-state index contributed by atoms with van der Waals surface area (Å²) in [7, 11) is 0. The van der Waals surface area contributed by atoms with E-state index in [1.807, 2.05) is 27.4 Å². The van der Waals surface area contributed by atoms with E-state index in [-0.39, 0.29) is 29.7 Å². The topological polar surface area (TPSA) is 95.5 Å². The summed E-state index contributed by atoms with van der Waals surface area (Å²) < 4.78 is 28.7. The second kappa shape index (κ2) is 9.31. The number of ether oxygens (including phenoxy) is 2. The Hall–Kier alpha value is -2.85. The predicted octanol–water partition coefficient (Wildman–Crippen LogP) is 3.51. The van der Waals surface area contributed by atoms with Crippen molar-refractivity contribution in [2.45, 2.75) is 31.4 Å². The number of hydrogen-bond acceptors (Lipinski definition) is 7. The number of nitrogens with two attached hydrogens (primary N) is 1. The molecule has 0 radical (unpaired) electrons. The molecule has 2 aromatic heterocycles. The maximum atomic E-state index is 15.6. The third-order valence-electron chi connectivity index (χ3n) is 7.29. The van der Waals surface area contributed by atoms with Crippen LogP contribution in [0.4, 0.5) is 10.2 Å². The minimum absolute atomic E-state index is 0.0157. The highest BCUT2D eigenvalue weighted by atomic mass is 32.2. The summed E-state index contributed by atoms with van der Waals surface area (Å²) in [5.74, 6) is 2.32. The average Bonchev–Trinajstić information content (AvgIpc) is 3.19. The van der Waals surface area contributed by atoms with Crippen LogP contribution in [0, 0.1) is 11.7 Å². The average molecular weight is 498 g/mol. The zero-order valence-corrected chi connectivity index (χ0v) is 20.2. The summed E-state index contributed by atoms with van der Waals surface area (Å²) in [4.78, 5) is 23.6. The van der Waals surface area contributed by atoms with Gasteiger partial charge in [0.1, 0.15) is 24.4 Å². The minimum Gasteiger partial charge on any atom is -0.488 e. The van der Waals surface area contributed by atoms with Gasteiger partial charge in [0, 0.05) is 66.9 Å². The van der Waals surface area contributed by atoms with Crippen LogP contribution >= 0.6 is 11.8 Å². The first-order chi connectivity index (χ1) is 17.1. The number of rotatable bonds is 6. The number of thioether (sulfide) groups is 1. The van der Waals surface area contributed by atoms with E-state index in [4.69, 9.17) is 15.2 Å². The van der Waals surface area contributed by atoms with Crippen LogP contribution < -0.4 is 10.5 Å². The van der Waals surface area contributed by atoms with Gasteiger partial charge in [-0.3, -0.25) is 4.79 Å². The number of amides is 1. The SMILES string of the molecule is Nc1ncnc2c1c(-c1cccc(OCC3CCO3)c1F)cn2C1CC(C(=O)N2CCSCC2)C1. The van der Waals surface area contributed by atoms with E-state index >= 15 is 4.39 Å². The molecule has 35 heavy (non-hydrogen) atoms. The Bertz CT molecular complexity index is 1250. The fourth-order valence-corrected chi connectivity index (χ4v) is 5.98. The van der Waals surface area contributed by atoms with E-state index in [2.05, 4.69) is 9.97 Å². The molecular formula is C25H28FN5O3S. The minimum atomic E-state index is -0.446. The molecule has 3 aromatic rings. The van der Waals surface area contributed by atoms with Crippen molar-refractivity contribution in [2.24, 2.45) is 5.92 Å². The number of carbonyl (C=O) groups is 1. The highest BCUT2D eigenvalue weighted by Gasteiger charge is 2.39. The Labute approximate surface area is 207 Å². The first-order valence-corrected chi connectivity index (χ1v) is 13.3. The van der Waals surface area contributed by atoms with E-state index in [0.29, 0.717) is 34.6 Å². The van der Waals surface area contributed by atoms with E-state index in [9.17, 15) is 4.79 Å². The van der Waals surface area contributed by atoms with Crippen molar-refractivity contribution in [3.05, 3.63) is 36.5 Å². The lowest BCUT2D eigenvalue weighted by molar-refractivity contribution is -0.139. The van der Waals surface area contributed by atoms with Crippen molar-refractivity contribution in [1.82, 2.24) is 19.4 Å². The van der Waals surface area contributed by atoms with Crippen LogP contribution in [0.2, 0.25) is 0 Å². The van der Waals surface area contributed by atoms with Gasteiger partial charge in [0.2, 0.25) is 5.91 Å². The molecule has 184 valence electrons. The standard InChI is InChI=1S/C25H28FN5O3S/c26-22-18(2-1-3-20(22)34-13-17-4-7-33-17)19-12-31(24-21(19)23(27)28-14-29-24)16-10-15(11-16)25(32)30-5-8-35-9-6-30/h1-3,12,14-17H,4-11,13H2,(H2,27,28,29). The van der Waals surface area contributed by atoms with Gasteiger partial charge in [0.15, 0.2) is 11.6 Å². The quantitative estimate of drug-likeness (QED) is 0.557. The van der Waals surface area contributed by atoms with E-state index in [0.717, 1.165) is 50.5 Å². The number of anilines is 1. The molecule has 2 aliphatic heterocycles. The van der Waals surface area contributed by atoms with Crippen molar-refractivity contribution in [3.63, 3.8) is 0 Å². The van der Waals surface area contributed by atoms with Gasteiger partial charge in [-0.15, -0.1) is 0 Å². The van der Waals surface area contributed by atoms with Gasteiger partial charge >= 0.3 is 0 Å². The largest absolute Gasteiger partial charge is 0.488 e. The molecule has 1 aromatic carbocycles. The predicted molar refractivity (Wildman–Crippen MR) is 133 cm³/mol. The van der Waals surface area contributed by atoms with Crippen LogP contribution in [-0.2, 0) is 9.53 Å².